The van der Waals surface area contributed by atoms with Gasteiger partial charge in [0.15, 0.2) is 17.5 Å². The molecule has 0 unspecified atom stereocenters. The lowest BCUT2D eigenvalue weighted by molar-refractivity contribution is 1.08. The van der Waals surface area contributed by atoms with Gasteiger partial charge in [0.05, 0.1) is 10.2 Å². The lowest BCUT2D eigenvalue weighted by atomic mass is 10.0. The van der Waals surface area contributed by atoms with Crippen LogP contribution in [0, 0.1) is 0 Å². The molecule has 0 saturated heterocycles. The Balaban J connectivity index is 1.11. The zero-order valence-electron chi connectivity index (χ0n) is 27.8. The lowest BCUT2D eigenvalue weighted by Crippen LogP contribution is -2.00. The van der Waals surface area contributed by atoms with Crippen molar-refractivity contribution in [1.82, 2.24) is 19.9 Å². The predicted molar refractivity (Wildman–Crippen MR) is 219 cm³/mol. The van der Waals surface area contributed by atoms with Gasteiger partial charge in [0.25, 0.3) is 0 Å². The Labute approximate surface area is 308 Å². The molecule has 0 aliphatic rings. The Morgan fingerprint density at radius 3 is 1.48 bits per heavy atom. The van der Waals surface area contributed by atoms with Crippen molar-refractivity contribution < 1.29 is 0 Å². The molecule has 3 aromatic heterocycles. The van der Waals surface area contributed by atoms with Crippen LogP contribution >= 0.6 is 22.7 Å². The molecule has 0 atom stereocenters. The van der Waals surface area contributed by atoms with E-state index in [0.29, 0.717) is 17.5 Å². The Morgan fingerprint density at radius 2 is 0.846 bits per heavy atom. The number of hydrogen-bond donors (Lipinski definition) is 0. The molecule has 0 spiro atoms. The smallest absolute Gasteiger partial charge is 0.164 e. The zero-order valence-corrected chi connectivity index (χ0v) is 29.4. The van der Waals surface area contributed by atoms with Crippen LogP contribution in [0.4, 0.5) is 0 Å². The molecule has 10 aromatic rings. The summed E-state index contributed by atoms with van der Waals surface area (Å²) in [7, 11) is 0. The molecule has 0 fully saturated rings. The van der Waals surface area contributed by atoms with Crippen LogP contribution in [-0.4, -0.2) is 19.9 Å². The summed E-state index contributed by atoms with van der Waals surface area (Å²) in [6, 6.07) is 59.2. The second-order valence-corrected chi connectivity index (χ2v) is 14.8. The van der Waals surface area contributed by atoms with Gasteiger partial charge in [0, 0.05) is 42.4 Å². The molecule has 0 aliphatic carbocycles. The zero-order chi connectivity index (χ0) is 34.4. The van der Waals surface area contributed by atoms with E-state index in [1.165, 1.54) is 30.6 Å². The Hall–Kier alpha value is -6.34. The molecular formula is C46H28N4S2. The number of benzene rings is 7. The number of thiazole rings is 1. The van der Waals surface area contributed by atoms with Crippen molar-refractivity contribution in [3.05, 3.63) is 170 Å². The van der Waals surface area contributed by atoms with E-state index in [4.69, 9.17) is 19.9 Å². The summed E-state index contributed by atoms with van der Waals surface area (Å²) in [6.07, 6.45) is 0. The van der Waals surface area contributed by atoms with Gasteiger partial charge in [-0.05, 0) is 46.5 Å². The predicted octanol–water partition coefficient (Wildman–Crippen LogP) is 12.9. The number of thiophene rings is 1. The van der Waals surface area contributed by atoms with Crippen molar-refractivity contribution in [1.29, 1.82) is 0 Å². The molecule has 0 N–H and O–H groups in total. The maximum absolute atomic E-state index is 5.17. The molecule has 6 heteroatoms. The number of para-hydroxylation sites is 1. The van der Waals surface area contributed by atoms with Gasteiger partial charge in [-0.2, -0.15) is 0 Å². The minimum Gasteiger partial charge on any atom is -0.236 e. The van der Waals surface area contributed by atoms with Crippen LogP contribution in [-0.2, 0) is 0 Å². The average molecular weight is 701 g/mol. The molecule has 3 heterocycles. The fourth-order valence-corrected chi connectivity index (χ4v) is 8.91. The van der Waals surface area contributed by atoms with E-state index < -0.39 is 0 Å². The third kappa shape index (κ3) is 5.55. The summed E-state index contributed by atoms with van der Waals surface area (Å²) in [6.45, 7) is 0. The van der Waals surface area contributed by atoms with E-state index in [1.54, 1.807) is 22.7 Å². The average Bonchev–Trinajstić information content (AvgIpc) is 3.83. The van der Waals surface area contributed by atoms with Crippen molar-refractivity contribution in [2.45, 2.75) is 0 Å². The maximum atomic E-state index is 5.17. The lowest BCUT2D eigenvalue weighted by Gasteiger charge is -2.11. The highest BCUT2D eigenvalue weighted by atomic mass is 32.1. The minimum absolute atomic E-state index is 0.640. The van der Waals surface area contributed by atoms with E-state index in [-0.39, 0.29) is 0 Å². The Kier molecular flexibility index (Phi) is 7.48. The van der Waals surface area contributed by atoms with E-state index >= 15 is 0 Å². The van der Waals surface area contributed by atoms with Gasteiger partial charge in [-0.25, -0.2) is 19.9 Å². The second-order valence-electron chi connectivity index (χ2n) is 12.7. The van der Waals surface area contributed by atoms with Crippen molar-refractivity contribution in [2.75, 3.05) is 0 Å². The molecular weight excluding hydrogens is 673 g/mol. The van der Waals surface area contributed by atoms with Crippen LogP contribution in [0.2, 0.25) is 0 Å². The van der Waals surface area contributed by atoms with E-state index in [0.717, 1.165) is 49.3 Å². The van der Waals surface area contributed by atoms with Gasteiger partial charge in [0.1, 0.15) is 5.01 Å². The summed E-state index contributed by atoms with van der Waals surface area (Å²) in [5.74, 6) is 1.93. The van der Waals surface area contributed by atoms with Gasteiger partial charge in [-0.15, -0.1) is 22.7 Å². The fourth-order valence-electron chi connectivity index (χ4n) is 6.78. The highest BCUT2D eigenvalue weighted by molar-refractivity contribution is 7.26. The maximum Gasteiger partial charge on any atom is 0.164 e. The van der Waals surface area contributed by atoms with Crippen molar-refractivity contribution in [3.63, 3.8) is 0 Å². The van der Waals surface area contributed by atoms with E-state index in [9.17, 15) is 0 Å². The normalized spacial score (nSPS) is 11.5. The third-order valence-electron chi connectivity index (χ3n) is 9.41. The van der Waals surface area contributed by atoms with Gasteiger partial charge >= 0.3 is 0 Å². The van der Waals surface area contributed by atoms with Crippen LogP contribution in [0.1, 0.15) is 0 Å². The number of fused-ring (bicyclic) bond motifs is 4. The summed E-state index contributed by atoms with van der Waals surface area (Å²) < 4.78 is 3.60. The molecule has 244 valence electrons. The van der Waals surface area contributed by atoms with Crippen molar-refractivity contribution >= 4 is 53.1 Å². The van der Waals surface area contributed by atoms with E-state index in [1.807, 2.05) is 18.2 Å². The van der Waals surface area contributed by atoms with Crippen LogP contribution in [0.25, 0.3) is 97.4 Å². The Bertz CT molecular complexity index is 2740. The quantitative estimate of drug-likeness (QED) is 0.173. The highest BCUT2D eigenvalue weighted by Crippen LogP contribution is 2.42. The molecule has 0 amide bonds. The summed E-state index contributed by atoms with van der Waals surface area (Å²) >= 11 is 3.52. The molecule has 0 bridgehead atoms. The first-order valence-corrected chi connectivity index (χ1v) is 18.8. The molecule has 10 rings (SSSR count). The fraction of sp³-hybridized carbons (Fsp3) is 0. The van der Waals surface area contributed by atoms with Crippen LogP contribution in [0.5, 0.6) is 0 Å². The van der Waals surface area contributed by atoms with Gasteiger partial charge in [-0.1, -0.05) is 146 Å². The Morgan fingerprint density at radius 1 is 0.327 bits per heavy atom. The van der Waals surface area contributed by atoms with Gasteiger partial charge < -0.3 is 0 Å². The van der Waals surface area contributed by atoms with Gasteiger partial charge in [-0.3, -0.25) is 0 Å². The number of aromatic nitrogens is 4. The standard InChI is InChI=1S/C46H28N4S2/c1-3-10-29(11-4-1)31-18-22-33(23-19-31)43-48-44(34-24-20-32(21-25-34)30-12-5-2-6-13-30)50-45(49-43)37-14-9-17-40-42(37)36-27-26-35(28-41(36)51-40)46-47-38-15-7-8-16-39(38)52-46/h1-28H. The third-order valence-corrected chi connectivity index (χ3v) is 11.6. The largest absolute Gasteiger partial charge is 0.236 e. The summed E-state index contributed by atoms with van der Waals surface area (Å²) in [5, 5.41) is 3.37. The second kappa shape index (κ2) is 12.8. The van der Waals surface area contributed by atoms with Crippen molar-refractivity contribution in [3.8, 4) is 67.0 Å². The first kappa shape index (κ1) is 30.5. The SMILES string of the molecule is c1ccc(-c2ccc(-c3nc(-c4ccc(-c5ccccc5)cc4)nc(-c4cccc5sc6cc(-c7nc8ccccc8s7)ccc6c45)n3)cc2)cc1. The summed E-state index contributed by atoms with van der Waals surface area (Å²) in [4.78, 5) is 20.3. The van der Waals surface area contributed by atoms with Crippen LogP contribution in [0.15, 0.2) is 170 Å². The van der Waals surface area contributed by atoms with Crippen molar-refractivity contribution in [2.24, 2.45) is 0 Å². The van der Waals surface area contributed by atoms with E-state index in [2.05, 4.69) is 152 Å². The molecule has 4 nitrogen and oxygen atoms in total. The molecule has 0 aliphatic heterocycles. The molecule has 0 radical (unpaired) electrons. The topological polar surface area (TPSA) is 51.6 Å². The summed E-state index contributed by atoms with van der Waals surface area (Å²) in [5.41, 5.74) is 9.67. The first-order chi connectivity index (χ1) is 25.7. The first-order valence-electron chi connectivity index (χ1n) is 17.1. The van der Waals surface area contributed by atoms with Gasteiger partial charge in [0.2, 0.25) is 0 Å². The molecule has 52 heavy (non-hydrogen) atoms. The number of rotatable bonds is 6. The molecule has 0 saturated carbocycles. The number of nitrogens with zero attached hydrogens (tertiary/aromatic N) is 4. The number of hydrogen-bond acceptors (Lipinski definition) is 6. The van der Waals surface area contributed by atoms with Crippen LogP contribution < -0.4 is 0 Å². The highest BCUT2D eigenvalue weighted by Gasteiger charge is 2.18. The monoisotopic (exact) mass is 700 g/mol. The molecule has 7 aromatic carbocycles. The minimum atomic E-state index is 0.640. The van der Waals surface area contributed by atoms with Crippen LogP contribution in [0.3, 0.4) is 0 Å².